The van der Waals surface area contributed by atoms with Crippen molar-refractivity contribution in [2.45, 2.75) is 18.4 Å². The van der Waals surface area contributed by atoms with Crippen molar-refractivity contribution in [2.24, 2.45) is 0 Å². The van der Waals surface area contributed by atoms with E-state index in [9.17, 15) is 0 Å². The van der Waals surface area contributed by atoms with E-state index >= 15 is 0 Å². The molecular weight excluding hydrogens is 262 g/mol. The minimum atomic E-state index is -0.282. The Kier molecular flexibility index (Phi) is 2.37. The summed E-state index contributed by atoms with van der Waals surface area (Å²) in [6.07, 6.45) is 3.61. The van der Waals surface area contributed by atoms with Crippen LogP contribution in [-0.2, 0) is 5.60 Å². The summed E-state index contributed by atoms with van der Waals surface area (Å²) in [5, 5.41) is 4.46. The fourth-order valence-electron chi connectivity index (χ4n) is 3.02. The Bertz CT molecular complexity index is 617. The molecule has 4 nitrogen and oxygen atoms in total. The second-order valence-corrected chi connectivity index (χ2v) is 5.58. The van der Waals surface area contributed by atoms with Gasteiger partial charge in [-0.25, -0.2) is 9.10 Å². The van der Waals surface area contributed by atoms with Crippen molar-refractivity contribution in [1.29, 1.82) is 0 Å². The maximum Gasteiger partial charge on any atom is 0.153 e. The smallest absolute Gasteiger partial charge is 0.153 e. The van der Waals surface area contributed by atoms with Gasteiger partial charge in [0.25, 0.3) is 0 Å². The highest BCUT2D eigenvalue weighted by atomic mass is 35.5. The van der Waals surface area contributed by atoms with Crippen molar-refractivity contribution in [2.75, 3.05) is 13.1 Å². The number of hydrogen-bond acceptors (Lipinski definition) is 3. The lowest BCUT2D eigenvalue weighted by molar-refractivity contribution is 0.00305. The van der Waals surface area contributed by atoms with E-state index < -0.39 is 0 Å². The zero-order chi connectivity index (χ0) is 12.9. The molecule has 4 rings (SSSR count). The van der Waals surface area contributed by atoms with Crippen LogP contribution in [0.1, 0.15) is 18.5 Å². The Morgan fingerprint density at radius 3 is 2.79 bits per heavy atom. The van der Waals surface area contributed by atoms with Crippen molar-refractivity contribution in [3.8, 4) is 11.4 Å². The molecule has 0 atom stereocenters. The summed E-state index contributed by atoms with van der Waals surface area (Å²) in [6.45, 7) is 1.66. The zero-order valence-corrected chi connectivity index (χ0v) is 11.2. The van der Waals surface area contributed by atoms with Crippen LogP contribution in [0.5, 0.6) is 5.75 Å². The lowest BCUT2D eigenvalue weighted by Gasteiger charge is -2.42. The molecule has 3 heterocycles. The lowest BCUT2D eigenvalue weighted by atomic mass is 9.87. The molecule has 1 aromatic carbocycles. The Morgan fingerprint density at radius 2 is 1.95 bits per heavy atom. The average molecular weight is 276 g/mol. The van der Waals surface area contributed by atoms with Crippen LogP contribution in [0.25, 0.3) is 5.69 Å². The molecule has 1 fully saturated rings. The molecule has 0 amide bonds. The molecule has 0 unspecified atom stereocenters. The third-order valence-electron chi connectivity index (χ3n) is 4.02. The van der Waals surface area contributed by atoms with E-state index in [1.54, 1.807) is 0 Å². The minimum absolute atomic E-state index is 0.282. The standard InChI is InChI=1S/C14H14ClN3O/c15-17-9-6-14(7-10-17)13-5-8-16-18(13)11-3-1-2-4-12(11)19-14/h1-5,8H,6-7,9-10H2. The molecule has 0 bridgehead atoms. The van der Waals surface area contributed by atoms with Gasteiger partial charge in [-0.3, -0.25) is 0 Å². The summed E-state index contributed by atoms with van der Waals surface area (Å²) in [6, 6.07) is 10.1. The number of nitrogens with zero attached hydrogens (tertiary/aromatic N) is 3. The van der Waals surface area contributed by atoms with Gasteiger partial charge in [-0.15, -0.1) is 0 Å². The summed E-state index contributed by atoms with van der Waals surface area (Å²) in [5.41, 5.74) is 1.87. The third-order valence-corrected chi connectivity index (χ3v) is 4.36. The minimum Gasteiger partial charge on any atom is -0.479 e. The summed E-state index contributed by atoms with van der Waals surface area (Å²) in [7, 11) is 0. The number of para-hydroxylation sites is 2. The van der Waals surface area contributed by atoms with Crippen LogP contribution in [0.15, 0.2) is 36.5 Å². The summed E-state index contributed by atoms with van der Waals surface area (Å²) in [5.74, 6) is 0.904. The van der Waals surface area contributed by atoms with Crippen molar-refractivity contribution in [1.82, 2.24) is 14.2 Å². The SMILES string of the molecule is ClN1CCC2(CC1)Oc1ccccc1-n1nccc12. The molecule has 0 radical (unpaired) electrons. The van der Waals surface area contributed by atoms with E-state index in [2.05, 4.69) is 11.2 Å². The monoisotopic (exact) mass is 275 g/mol. The maximum absolute atomic E-state index is 6.35. The summed E-state index contributed by atoms with van der Waals surface area (Å²) < 4.78 is 10.2. The number of hydrogen-bond donors (Lipinski definition) is 0. The normalized spacial score (nSPS) is 20.7. The predicted molar refractivity (Wildman–Crippen MR) is 72.5 cm³/mol. The summed E-state index contributed by atoms with van der Waals surface area (Å²) >= 11 is 6.08. The van der Waals surface area contributed by atoms with Gasteiger partial charge < -0.3 is 4.74 Å². The van der Waals surface area contributed by atoms with Crippen LogP contribution >= 0.6 is 11.8 Å². The number of rotatable bonds is 0. The number of benzene rings is 1. The van der Waals surface area contributed by atoms with Gasteiger partial charge in [0.05, 0.1) is 5.69 Å². The first-order chi connectivity index (χ1) is 9.28. The van der Waals surface area contributed by atoms with Gasteiger partial charge in [0.15, 0.2) is 5.60 Å². The van der Waals surface area contributed by atoms with Crippen molar-refractivity contribution < 1.29 is 4.74 Å². The van der Waals surface area contributed by atoms with E-state index in [0.29, 0.717) is 0 Å². The molecule has 2 aromatic rings. The average Bonchev–Trinajstić information content (AvgIpc) is 2.93. The Labute approximate surface area is 116 Å². The van der Waals surface area contributed by atoms with Crippen LogP contribution in [0, 0.1) is 0 Å². The topological polar surface area (TPSA) is 30.3 Å². The van der Waals surface area contributed by atoms with Gasteiger partial charge in [0.1, 0.15) is 11.4 Å². The fraction of sp³-hybridized carbons (Fsp3) is 0.357. The molecule has 2 aliphatic rings. The number of halogens is 1. The molecule has 5 heteroatoms. The Morgan fingerprint density at radius 1 is 1.16 bits per heavy atom. The molecule has 19 heavy (non-hydrogen) atoms. The van der Waals surface area contributed by atoms with E-state index in [-0.39, 0.29) is 5.60 Å². The van der Waals surface area contributed by atoms with Crippen LogP contribution in [0.3, 0.4) is 0 Å². The second-order valence-electron chi connectivity index (χ2n) is 5.10. The molecule has 1 saturated heterocycles. The molecule has 0 aliphatic carbocycles. The van der Waals surface area contributed by atoms with Gasteiger partial charge in [-0.2, -0.15) is 5.10 Å². The van der Waals surface area contributed by atoms with E-state index in [0.717, 1.165) is 43.1 Å². The van der Waals surface area contributed by atoms with Crippen LogP contribution in [0.4, 0.5) is 0 Å². The molecule has 2 aliphatic heterocycles. The lowest BCUT2D eigenvalue weighted by Crippen LogP contribution is -2.46. The zero-order valence-electron chi connectivity index (χ0n) is 10.4. The molecule has 0 saturated carbocycles. The molecule has 1 spiro atoms. The molecule has 0 N–H and O–H groups in total. The third kappa shape index (κ3) is 1.60. The van der Waals surface area contributed by atoms with Gasteiger partial charge >= 0.3 is 0 Å². The van der Waals surface area contributed by atoms with E-state index in [1.807, 2.05) is 39.6 Å². The van der Waals surface area contributed by atoms with Crippen molar-refractivity contribution >= 4 is 11.8 Å². The van der Waals surface area contributed by atoms with Crippen LogP contribution < -0.4 is 4.74 Å². The highest BCUT2D eigenvalue weighted by Gasteiger charge is 2.44. The van der Waals surface area contributed by atoms with Gasteiger partial charge in [0.2, 0.25) is 0 Å². The Hall–Kier alpha value is -1.52. The fourth-order valence-corrected chi connectivity index (χ4v) is 3.19. The highest BCUT2D eigenvalue weighted by molar-refractivity contribution is 6.13. The second kappa shape index (κ2) is 3.99. The first-order valence-electron chi connectivity index (χ1n) is 6.52. The van der Waals surface area contributed by atoms with Gasteiger partial charge in [-0.05, 0) is 30.0 Å². The first kappa shape index (κ1) is 11.3. The number of aromatic nitrogens is 2. The molecule has 98 valence electrons. The van der Waals surface area contributed by atoms with Gasteiger partial charge in [0, 0.05) is 32.1 Å². The van der Waals surface area contributed by atoms with E-state index in [4.69, 9.17) is 16.5 Å². The van der Waals surface area contributed by atoms with Gasteiger partial charge in [-0.1, -0.05) is 12.1 Å². The summed E-state index contributed by atoms with van der Waals surface area (Å²) in [4.78, 5) is 0. The number of ether oxygens (including phenoxy) is 1. The number of piperidine rings is 1. The molecule has 1 aromatic heterocycles. The number of fused-ring (bicyclic) bond motifs is 4. The van der Waals surface area contributed by atoms with Crippen LogP contribution in [-0.4, -0.2) is 27.3 Å². The molecular formula is C14H14ClN3O. The van der Waals surface area contributed by atoms with E-state index in [1.165, 1.54) is 0 Å². The Balaban J connectivity index is 1.86. The maximum atomic E-state index is 6.35. The largest absolute Gasteiger partial charge is 0.479 e. The first-order valence-corrected chi connectivity index (χ1v) is 6.86. The van der Waals surface area contributed by atoms with Crippen LogP contribution in [0.2, 0.25) is 0 Å². The van der Waals surface area contributed by atoms with Crippen molar-refractivity contribution in [3.63, 3.8) is 0 Å². The predicted octanol–water partition coefficient (Wildman–Crippen LogP) is 2.71. The van der Waals surface area contributed by atoms with Crippen molar-refractivity contribution in [3.05, 3.63) is 42.2 Å². The highest BCUT2D eigenvalue weighted by Crippen LogP contribution is 2.44. The quantitative estimate of drug-likeness (QED) is 0.693.